The van der Waals surface area contributed by atoms with Crippen LogP contribution in [-0.2, 0) is 16.1 Å². The second kappa shape index (κ2) is 9.45. The number of carbonyl (C=O) groups is 1. The van der Waals surface area contributed by atoms with Gasteiger partial charge < -0.3 is 26.7 Å². The van der Waals surface area contributed by atoms with Crippen molar-refractivity contribution >= 4 is 17.5 Å². The Kier molecular flexibility index (Phi) is 6.57. The molecule has 0 aliphatic heterocycles. The van der Waals surface area contributed by atoms with Gasteiger partial charge >= 0.3 is 0 Å². The molecule has 2 heterocycles. The summed E-state index contributed by atoms with van der Waals surface area (Å²) in [6.45, 7) is 3.73. The molecule has 6 N–H and O–H groups in total. The number of benzene rings is 1. The molecule has 1 aliphatic carbocycles. The van der Waals surface area contributed by atoms with Crippen molar-refractivity contribution in [2.75, 3.05) is 25.2 Å². The van der Waals surface area contributed by atoms with Gasteiger partial charge in [0.2, 0.25) is 0 Å². The third kappa shape index (κ3) is 4.61. The van der Waals surface area contributed by atoms with E-state index in [1.54, 1.807) is 11.6 Å². The molecule has 1 amide bonds. The Labute approximate surface area is 200 Å². The molecule has 2 aromatic heterocycles. The van der Waals surface area contributed by atoms with Gasteiger partial charge in [0, 0.05) is 42.0 Å². The van der Waals surface area contributed by atoms with Crippen molar-refractivity contribution in [2.45, 2.75) is 45.3 Å². The number of halogens is 2. The highest BCUT2D eigenvalue weighted by Gasteiger charge is 2.33. The molecule has 1 saturated carbocycles. The molecule has 35 heavy (non-hydrogen) atoms. The van der Waals surface area contributed by atoms with Crippen molar-refractivity contribution in [1.29, 1.82) is 0 Å². The van der Waals surface area contributed by atoms with Crippen molar-refractivity contribution in [3.8, 4) is 17.3 Å². The second-order valence-corrected chi connectivity index (χ2v) is 8.34. The molecule has 4 rings (SSSR count). The molecule has 1 unspecified atom stereocenters. The zero-order valence-corrected chi connectivity index (χ0v) is 19.6. The maximum Gasteiger partial charge on any atom is 0.251 e. The molecule has 0 bridgehead atoms. The highest BCUT2D eigenvalue weighted by atomic mass is 19.1. The summed E-state index contributed by atoms with van der Waals surface area (Å²) in [7, 11) is 1.29. The summed E-state index contributed by atoms with van der Waals surface area (Å²) in [5, 5.41) is 4.58. The number of hydrogen-bond acceptors (Lipinski definition) is 8. The summed E-state index contributed by atoms with van der Waals surface area (Å²) in [5.74, 6) is -1.96. The summed E-state index contributed by atoms with van der Waals surface area (Å²) in [4.78, 5) is 20.3. The zero-order chi connectivity index (χ0) is 25.4. The van der Waals surface area contributed by atoms with E-state index in [-0.39, 0.29) is 46.8 Å². The third-order valence-electron chi connectivity index (χ3n) is 5.91. The fourth-order valence-electron chi connectivity index (χ4n) is 4.16. The van der Waals surface area contributed by atoms with E-state index in [0.29, 0.717) is 12.3 Å². The number of nitrogens with two attached hydrogens (primary N) is 3. The van der Waals surface area contributed by atoms with Gasteiger partial charge in [0.25, 0.3) is 5.91 Å². The van der Waals surface area contributed by atoms with Crippen molar-refractivity contribution in [2.24, 2.45) is 5.73 Å². The lowest BCUT2D eigenvalue weighted by Gasteiger charge is -2.16. The molecular formula is C23H27F2N7O3. The number of primary amides is 1. The molecule has 10 nitrogen and oxygen atoms in total. The van der Waals surface area contributed by atoms with Gasteiger partial charge in [-0.3, -0.25) is 9.48 Å². The molecule has 1 atom stereocenters. The number of nitrogen functional groups attached to an aromatic ring is 2. The molecule has 3 aromatic rings. The first kappa shape index (κ1) is 24.3. The van der Waals surface area contributed by atoms with Crippen LogP contribution in [0.5, 0.6) is 5.75 Å². The van der Waals surface area contributed by atoms with Crippen molar-refractivity contribution in [3.05, 3.63) is 46.2 Å². The van der Waals surface area contributed by atoms with Crippen LogP contribution >= 0.6 is 0 Å². The van der Waals surface area contributed by atoms with Crippen molar-refractivity contribution in [3.63, 3.8) is 0 Å². The zero-order valence-electron chi connectivity index (χ0n) is 19.6. The minimum atomic E-state index is -1.21. The average Bonchev–Trinajstić information content (AvgIpc) is 3.56. The van der Waals surface area contributed by atoms with Crippen LogP contribution < -0.4 is 21.9 Å². The fourth-order valence-corrected chi connectivity index (χ4v) is 4.16. The normalized spacial score (nSPS) is 14.2. The number of hydrogen-bond donors (Lipinski definition) is 3. The van der Waals surface area contributed by atoms with Gasteiger partial charge in [-0.2, -0.15) is 5.10 Å². The van der Waals surface area contributed by atoms with E-state index >= 15 is 0 Å². The Morgan fingerprint density at radius 2 is 1.80 bits per heavy atom. The van der Waals surface area contributed by atoms with Gasteiger partial charge in [0.05, 0.1) is 18.7 Å². The van der Waals surface area contributed by atoms with Crippen molar-refractivity contribution < 1.29 is 23.0 Å². The summed E-state index contributed by atoms with van der Waals surface area (Å²) in [6.07, 6.45) is 0.645. The fraction of sp³-hybridized carbons (Fsp3) is 0.391. The minimum absolute atomic E-state index is 0.0711. The summed E-state index contributed by atoms with van der Waals surface area (Å²) >= 11 is 0. The van der Waals surface area contributed by atoms with Gasteiger partial charge in [0.15, 0.2) is 11.9 Å². The lowest BCUT2D eigenvalue weighted by molar-refractivity contribution is -0.128. The number of methoxy groups -OCH3 is 1. The minimum Gasteiger partial charge on any atom is -0.494 e. The predicted octanol–water partition coefficient (Wildman–Crippen LogP) is 2.59. The Balaban J connectivity index is 1.77. The van der Waals surface area contributed by atoms with Crippen LogP contribution in [0.25, 0.3) is 11.5 Å². The van der Waals surface area contributed by atoms with Crippen LogP contribution in [0.3, 0.4) is 0 Å². The van der Waals surface area contributed by atoms with Crippen LogP contribution in [-0.4, -0.2) is 39.4 Å². The monoisotopic (exact) mass is 487 g/mol. The molecule has 1 aliphatic rings. The van der Waals surface area contributed by atoms with Gasteiger partial charge in [-0.25, -0.2) is 18.7 Å². The van der Waals surface area contributed by atoms with E-state index in [4.69, 9.17) is 26.7 Å². The smallest absolute Gasteiger partial charge is 0.251 e. The van der Waals surface area contributed by atoms with E-state index < -0.39 is 23.6 Å². The number of amides is 1. The van der Waals surface area contributed by atoms with Gasteiger partial charge in [-0.05, 0) is 26.7 Å². The molecule has 0 spiro atoms. The predicted molar refractivity (Wildman–Crippen MR) is 124 cm³/mol. The lowest BCUT2D eigenvalue weighted by Crippen LogP contribution is -2.25. The standard InChI is InChI=1S/C23H27F2N7O3/c1-4-35-12-7-14(24)13(15(25)8-12)9-32-18(11-5-6-11)10(2)17(31-32)23-29-20(26)16(21(27)30-23)19(34-3)22(28)33/h7-8,11,19H,4-6,9H2,1-3H3,(H2,28,33)(H4,26,27,29,30). The van der Waals surface area contributed by atoms with E-state index in [9.17, 15) is 13.6 Å². The first-order chi connectivity index (χ1) is 16.7. The summed E-state index contributed by atoms with van der Waals surface area (Å²) < 4.78 is 41.4. The van der Waals surface area contributed by atoms with Crippen LogP contribution in [0, 0.1) is 18.6 Å². The molecule has 1 aromatic carbocycles. The molecule has 0 saturated heterocycles. The van der Waals surface area contributed by atoms with E-state index in [1.807, 2.05) is 6.92 Å². The number of rotatable bonds is 9. The average molecular weight is 488 g/mol. The SMILES string of the molecule is CCOc1cc(F)c(Cn2nc(-c3nc(N)c(C(OC)C(N)=O)c(N)n3)c(C)c2C2CC2)c(F)c1. The lowest BCUT2D eigenvalue weighted by atomic mass is 10.1. The number of nitrogens with zero attached hydrogens (tertiary/aromatic N) is 4. The molecule has 0 radical (unpaired) electrons. The van der Waals surface area contributed by atoms with Crippen LogP contribution in [0.1, 0.15) is 54.2 Å². The van der Waals surface area contributed by atoms with Crippen LogP contribution in [0.2, 0.25) is 0 Å². The Morgan fingerprint density at radius 1 is 1.20 bits per heavy atom. The van der Waals surface area contributed by atoms with Gasteiger partial charge in [-0.15, -0.1) is 0 Å². The largest absolute Gasteiger partial charge is 0.494 e. The number of carbonyl (C=O) groups excluding carboxylic acids is 1. The summed E-state index contributed by atoms with van der Waals surface area (Å²) in [5.41, 5.74) is 19.4. The second-order valence-electron chi connectivity index (χ2n) is 8.34. The van der Waals surface area contributed by atoms with Crippen LogP contribution in [0.15, 0.2) is 12.1 Å². The molecule has 186 valence electrons. The van der Waals surface area contributed by atoms with Gasteiger partial charge in [-0.1, -0.05) is 0 Å². The molecule has 12 heteroatoms. The van der Waals surface area contributed by atoms with E-state index in [2.05, 4.69) is 15.1 Å². The van der Waals surface area contributed by atoms with Gasteiger partial charge in [0.1, 0.15) is 34.7 Å². The highest BCUT2D eigenvalue weighted by molar-refractivity contribution is 5.84. The Morgan fingerprint density at radius 3 is 2.29 bits per heavy atom. The van der Waals surface area contributed by atoms with Crippen molar-refractivity contribution in [1.82, 2.24) is 19.7 Å². The maximum absolute atomic E-state index is 14.8. The van der Waals surface area contributed by atoms with E-state index in [0.717, 1.165) is 36.2 Å². The molecule has 1 fully saturated rings. The number of ether oxygens (including phenoxy) is 2. The maximum atomic E-state index is 14.8. The summed E-state index contributed by atoms with van der Waals surface area (Å²) in [6, 6.07) is 2.31. The van der Waals surface area contributed by atoms with Crippen LogP contribution in [0.4, 0.5) is 20.4 Å². The first-order valence-electron chi connectivity index (χ1n) is 11.1. The highest BCUT2D eigenvalue weighted by Crippen LogP contribution is 2.44. The Hall–Kier alpha value is -3.80. The number of aromatic nitrogens is 4. The quantitative estimate of drug-likeness (QED) is 0.416. The third-order valence-corrected chi connectivity index (χ3v) is 5.91. The molecular weight excluding hydrogens is 460 g/mol. The Bertz CT molecular complexity index is 1240. The topological polar surface area (TPSA) is 157 Å². The van der Waals surface area contributed by atoms with E-state index in [1.165, 1.54) is 7.11 Å². The number of anilines is 2. The first-order valence-corrected chi connectivity index (χ1v) is 11.1.